The minimum Gasteiger partial charge on any atom is -0.490 e. The molecular weight excluding hydrogens is 420 g/mol. The van der Waals surface area contributed by atoms with Crippen molar-refractivity contribution in [2.45, 2.75) is 57.8 Å². The van der Waals surface area contributed by atoms with Gasteiger partial charge < -0.3 is 9.47 Å². The summed E-state index contributed by atoms with van der Waals surface area (Å²) in [7, 11) is 1.91. The predicted octanol–water partition coefficient (Wildman–Crippen LogP) is 5.87. The molecule has 5 rings (SSSR count). The number of hydrogen-bond acceptors (Lipinski definition) is 6. The molecule has 0 saturated heterocycles. The number of aromatic nitrogens is 4. The van der Waals surface area contributed by atoms with Gasteiger partial charge in [0.15, 0.2) is 0 Å². The van der Waals surface area contributed by atoms with Crippen LogP contribution >= 0.6 is 11.3 Å². The maximum absolute atomic E-state index is 6.54. The van der Waals surface area contributed by atoms with Gasteiger partial charge in [-0.2, -0.15) is 5.10 Å². The number of hydrogen-bond donors (Lipinski definition) is 0. The third kappa shape index (κ3) is 4.27. The number of rotatable bonds is 6. The highest BCUT2D eigenvalue weighted by Gasteiger charge is 2.26. The van der Waals surface area contributed by atoms with Crippen molar-refractivity contribution in [1.82, 2.24) is 20.0 Å². The van der Waals surface area contributed by atoms with Gasteiger partial charge in [0.2, 0.25) is 0 Å². The van der Waals surface area contributed by atoms with Gasteiger partial charge >= 0.3 is 0 Å². The zero-order valence-electron chi connectivity index (χ0n) is 18.7. The smallest absolute Gasteiger partial charge is 0.129 e. The molecule has 0 spiro atoms. The molecule has 0 amide bonds. The number of aryl methyl sites for hydroxylation is 1. The van der Waals surface area contributed by atoms with Gasteiger partial charge in [-0.05, 0) is 56.7 Å². The van der Waals surface area contributed by atoms with Crippen molar-refractivity contribution in [2.24, 2.45) is 7.05 Å². The zero-order valence-corrected chi connectivity index (χ0v) is 19.5. The Hall–Kier alpha value is -2.77. The summed E-state index contributed by atoms with van der Waals surface area (Å²) in [6.07, 6.45) is 8.66. The van der Waals surface area contributed by atoms with Crippen LogP contribution in [0.1, 0.15) is 39.5 Å². The molecule has 2 atom stereocenters. The minimum absolute atomic E-state index is 0.148. The van der Waals surface area contributed by atoms with Crippen LogP contribution in [0, 0.1) is 0 Å². The van der Waals surface area contributed by atoms with Gasteiger partial charge in [-0.3, -0.25) is 4.68 Å². The number of para-hydroxylation sites is 1. The SMILES string of the molecule is CC(C)OC1CCCC(Oc2ccccc2-c2nnc(-c3cnn(C)c3)c3ccsc23)C1. The van der Waals surface area contributed by atoms with E-state index in [-0.39, 0.29) is 18.3 Å². The summed E-state index contributed by atoms with van der Waals surface area (Å²) in [5.41, 5.74) is 3.68. The average molecular weight is 449 g/mol. The Morgan fingerprint density at radius 3 is 2.69 bits per heavy atom. The number of ether oxygens (including phenoxy) is 2. The first-order valence-corrected chi connectivity index (χ1v) is 12.1. The molecule has 1 aliphatic rings. The molecule has 7 heteroatoms. The molecule has 6 nitrogen and oxygen atoms in total. The van der Waals surface area contributed by atoms with Crippen LogP contribution in [0.4, 0.5) is 0 Å². The van der Waals surface area contributed by atoms with Crippen molar-refractivity contribution in [2.75, 3.05) is 0 Å². The lowest BCUT2D eigenvalue weighted by Crippen LogP contribution is -2.31. The van der Waals surface area contributed by atoms with Crippen LogP contribution in [-0.4, -0.2) is 38.3 Å². The second-order valence-corrected chi connectivity index (χ2v) is 9.59. The van der Waals surface area contributed by atoms with Gasteiger partial charge in [-0.25, -0.2) is 0 Å². The van der Waals surface area contributed by atoms with E-state index in [2.05, 4.69) is 46.7 Å². The maximum Gasteiger partial charge on any atom is 0.129 e. The van der Waals surface area contributed by atoms with Crippen molar-refractivity contribution in [3.8, 4) is 28.3 Å². The molecule has 2 unspecified atom stereocenters. The number of fused-ring (bicyclic) bond motifs is 1. The molecular formula is C25H28N4O2S. The first-order valence-electron chi connectivity index (χ1n) is 11.2. The summed E-state index contributed by atoms with van der Waals surface area (Å²) in [5.74, 6) is 0.862. The first kappa shape index (κ1) is 21.1. The largest absolute Gasteiger partial charge is 0.490 e. The third-order valence-corrected chi connectivity index (χ3v) is 6.76. The average Bonchev–Trinajstić information content (AvgIpc) is 3.43. The normalized spacial score (nSPS) is 19.0. The lowest BCUT2D eigenvalue weighted by molar-refractivity contribution is -0.0376. The molecule has 0 radical (unpaired) electrons. The Balaban J connectivity index is 1.47. The van der Waals surface area contributed by atoms with Crippen LogP contribution in [0.5, 0.6) is 5.75 Å². The van der Waals surface area contributed by atoms with E-state index in [0.29, 0.717) is 0 Å². The molecule has 1 aromatic carbocycles. The van der Waals surface area contributed by atoms with E-state index < -0.39 is 0 Å². The highest BCUT2D eigenvalue weighted by molar-refractivity contribution is 7.17. The molecule has 32 heavy (non-hydrogen) atoms. The van der Waals surface area contributed by atoms with Gasteiger partial charge in [0.25, 0.3) is 0 Å². The fraction of sp³-hybridized carbons (Fsp3) is 0.400. The topological polar surface area (TPSA) is 62.1 Å². The van der Waals surface area contributed by atoms with Crippen LogP contribution in [-0.2, 0) is 11.8 Å². The summed E-state index contributed by atoms with van der Waals surface area (Å²) in [4.78, 5) is 0. The second kappa shape index (κ2) is 9.00. The zero-order chi connectivity index (χ0) is 22.1. The van der Waals surface area contributed by atoms with Crippen LogP contribution in [0.2, 0.25) is 0 Å². The fourth-order valence-corrected chi connectivity index (χ4v) is 5.37. The highest BCUT2D eigenvalue weighted by Crippen LogP contribution is 2.39. The molecule has 1 saturated carbocycles. The Bertz CT molecular complexity index is 1220. The van der Waals surface area contributed by atoms with Gasteiger partial charge in [0.1, 0.15) is 23.2 Å². The second-order valence-electron chi connectivity index (χ2n) is 8.67. The third-order valence-electron chi connectivity index (χ3n) is 5.84. The van der Waals surface area contributed by atoms with Gasteiger partial charge in [-0.1, -0.05) is 12.1 Å². The number of nitrogens with zero attached hydrogens (tertiary/aromatic N) is 4. The number of benzene rings is 1. The van der Waals surface area contributed by atoms with Crippen LogP contribution in [0.3, 0.4) is 0 Å². The standard InChI is InChI=1S/C25H28N4O2S/c1-16(2)30-18-7-6-8-19(13-18)31-22-10-5-4-9-20(22)24-25-21(11-12-32-25)23(27-28-24)17-14-26-29(3)15-17/h4-5,9-12,14-16,18-19H,6-8,13H2,1-3H3. The van der Waals surface area contributed by atoms with Gasteiger partial charge in [0, 0.05) is 36.2 Å². The summed E-state index contributed by atoms with van der Waals surface area (Å²) in [5, 5.41) is 16.7. The van der Waals surface area contributed by atoms with Crippen molar-refractivity contribution in [1.29, 1.82) is 0 Å². The van der Waals surface area contributed by atoms with Crippen molar-refractivity contribution < 1.29 is 9.47 Å². The van der Waals surface area contributed by atoms with E-state index in [1.54, 1.807) is 16.0 Å². The number of thiophene rings is 1. The Kier molecular flexibility index (Phi) is 5.93. The maximum atomic E-state index is 6.54. The molecule has 1 fully saturated rings. The molecule has 3 heterocycles. The molecule has 1 aliphatic carbocycles. The lowest BCUT2D eigenvalue weighted by atomic mass is 9.94. The van der Waals surface area contributed by atoms with E-state index >= 15 is 0 Å². The summed E-state index contributed by atoms with van der Waals surface area (Å²) < 4.78 is 15.5. The lowest BCUT2D eigenvalue weighted by Gasteiger charge is -2.31. The Morgan fingerprint density at radius 1 is 1.06 bits per heavy atom. The van der Waals surface area contributed by atoms with E-state index in [9.17, 15) is 0 Å². The van der Waals surface area contributed by atoms with E-state index in [0.717, 1.165) is 64.0 Å². The van der Waals surface area contributed by atoms with Crippen LogP contribution < -0.4 is 4.74 Å². The molecule has 0 bridgehead atoms. The van der Waals surface area contributed by atoms with Gasteiger partial charge in [0.05, 0.1) is 23.1 Å². The minimum atomic E-state index is 0.148. The Labute approximate surface area is 192 Å². The van der Waals surface area contributed by atoms with Crippen molar-refractivity contribution in [3.05, 3.63) is 48.1 Å². The first-order chi connectivity index (χ1) is 15.6. The summed E-state index contributed by atoms with van der Waals surface area (Å²) in [6, 6.07) is 10.3. The van der Waals surface area contributed by atoms with Gasteiger partial charge in [-0.15, -0.1) is 21.5 Å². The quantitative estimate of drug-likeness (QED) is 0.369. The molecule has 0 aliphatic heterocycles. The molecule has 166 valence electrons. The van der Waals surface area contributed by atoms with E-state index in [1.807, 2.05) is 37.6 Å². The Morgan fingerprint density at radius 2 is 1.88 bits per heavy atom. The molecule has 4 aromatic rings. The van der Waals surface area contributed by atoms with E-state index in [4.69, 9.17) is 9.47 Å². The monoisotopic (exact) mass is 448 g/mol. The van der Waals surface area contributed by atoms with Crippen LogP contribution in [0.25, 0.3) is 32.6 Å². The predicted molar refractivity (Wildman–Crippen MR) is 128 cm³/mol. The van der Waals surface area contributed by atoms with E-state index in [1.165, 1.54) is 0 Å². The van der Waals surface area contributed by atoms with Crippen molar-refractivity contribution in [3.63, 3.8) is 0 Å². The van der Waals surface area contributed by atoms with Crippen LogP contribution in [0.15, 0.2) is 48.1 Å². The fourth-order valence-electron chi connectivity index (χ4n) is 4.47. The van der Waals surface area contributed by atoms with Crippen molar-refractivity contribution >= 4 is 21.4 Å². The summed E-state index contributed by atoms with van der Waals surface area (Å²) >= 11 is 1.68. The highest BCUT2D eigenvalue weighted by atomic mass is 32.1. The molecule has 3 aromatic heterocycles. The summed E-state index contributed by atoms with van der Waals surface area (Å²) in [6.45, 7) is 4.19. The molecule has 0 N–H and O–H groups in total.